The highest BCUT2D eigenvalue weighted by Crippen LogP contribution is 2.28. The lowest BCUT2D eigenvalue weighted by Crippen LogP contribution is -2.28. The van der Waals surface area contributed by atoms with Crippen molar-refractivity contribution in [1.82, 2.24) is 10.3 Å². The number of aromatic nitrogens is 1. The number of carbonyl (C=O) groups excluding carboxylic acids is 1. The van der Waals surface area contributed by atoms with Crippen LogP contribution in [0.25, 0.3) is 0 Å². The molecular formula is C18H19ClN2O3. The second-order valence-corrected chi connectivity index (χ2v) is 6.23. The molecule has 1 aromatic heterocycles. The van der Waals surface area contributed by atoms with Crippen LogP contribution >= 0.6 is 11.6 Å². The Hall–Kier alpha value is -2.11. The number of benzene rings is 1. The zero-order chi connectivity index (χ0) is 16.9. The van der Waals surface area contributed by atoms with Crippen molar-refractivity contribution in [2.24, 2.45) is 0 Å². The van der Waals surface area contributed by atoms with E-state index in [2.05, 4.69) is 10.3 Å². The number of hydrogen-bond acceptors (Lipinski definition) is 4. The summed E-state index contributed by atoms with van der Waals surface area (Å²) in [5.41, 5.74) is 1.06. The Morgan fingerprint density at radius 2 is 2.08 bits per heavy atom. The summed E-state index contributed by atoms with van der Waals surface area (Å²) in [6.07, 6.45) is 5.97. The van der Waals surface area contributed by atoms with Gasteiger partial charge in [0, 0.05) is 18.9 Å². The van der Waals surface area contributed by atoms with Crippen molar-refractivity contribution >= 4 is 17.5 Å². The second-order valence-electron chi connectivity index (χ2n) is 5.82. The third-order valence-corrected chi connectivity index (χ3v) is 4.40. The summed E-state index contributed by atoms with van der Waals surface area (Å²) in [5, 5.41) is 13.1. The molecule has 1 saturated carbocycles. The van der Waals surface area contributed by atoms with Gasteiger partial charge in [0.15, 0.2) is 0 Å². The van der Waals surface area contributed by atoms with Gasteiger partial charge >= 0.3 is 0 Å². The first kappa shape index (κ1) is 16.7. The topological polar surface area (TPSA) is 71.5 Å². The number of carbonyl (C=O) groups is 1. The zero-order valence-corrected chi connectivity index (χ0v) is 13.9. The molecule has 0 spiro atoms. The maximum atomic E-state index is 12.2. The van der Waals surface area contributed by atoms with Gasteiger partial charge in [0.1, 0.15) is 5.75 Å². The molecule has 1 fully saturated rings. The number of amides is 1. The van der Waals surface area contributed by atoms with Crippen LogP contribution in [0.15, 0.2) is 42.7 Å². The summed E-state index contributed by atoms with van der Waals surface area (Å²) < 4.78 is 5.76. The number of aliphatic hydroxyl groups excluding tert-OH is 1. The minimum atomic E-state index is -0.794. The number of pyridine rings is 1. The number of halogens is 1. The first-order valence-corrected chi connectivity index (χ1v) is 8.33. The zero-order valence-electron chi connectivity index (χ0n) is 13.1. The van der Waals surface area contributed by atoms with Gasteiger partial charge in [-0.3, -0.25) is 9.78 Å². The van der Waals surface area contributed by atoms with Gasteiger partial charge in [-0.15, -0.1) is 0 Å². The lowest BCUT2D eigenvalue weighted by atomic mass is 9.96. The van der Waals surface area contributed by atoms with Crippen molar-refractivity contribution in [1.29, 1.82) is 0 Å². The van der Waals surface area contributed by atoms with Crippen LogP contribution in [0.2, 0.25) is 5.02 Å². The number of aliphatic hydroxyl groups is 1. The Morgan fingerprint density at radius 1 is 1.33 bits per heavy atom. The fourth-order valence-electron chi connectivity index (χ4n) is 2.42. The van der Waals surface area contributed by atoms with Gasteiger partial charge in [-0.2, -0.15) is 0 Å². The van der Waals surface area contributed by atoms with E-state index in [1.807, 2.05) is 0 Å². The Bertz CT molecular complexity index is 705. The standard InChI is InChI=1S/C18H19ClN2O3/c19-16-10-14(24-13-2-1-3-13)4-5-15(16)18(23)21-11-17(22)12-6-8-20-9-7-12/h4-10,13,17,22H,1-3,11H2,(H,21,23)/t17-/m0/s1. The van der Waals surface area contributed by atoms with E-state index in [1.165, 1.54) is 6.42 Å². The lowest BCUT2D eigenvalue weighted by Gasteiger charge is -2.26. The van der Waals surface area contributed by atoms with Crippen LogP contribution in [0.3, 0.4) is 0 Å². The van der Waals surface area contributed by atoms with Crippen LogP contribution in [0, 0.1) is 0 Å². The minimum Gasteiger partial charge on any atom is -0.490 e. The van der Waals surface area contributed by atoms with Crippen molar-refractivity contribution in [2.45, 2.75) is 31.5 Å². The number of nitrogens with one attached hydrogen (secondary N) is 1. The molecule has 0 radical (unpaired) electrons. The van der Waals surface area contributed by atoms with E-state index in [-0.39, 0.29) is 18.6 Å². The Balaban J connectivity index is 1.58. The van der Waals surface area contributed by atoms with Gasteiger partial charge in [-0.25, -0.2) is 0 Å². The van der Waals surface area contributed by atoms with Crippen molar-refractivity contribution in [3.8, 4) is 5.75 Å². The van der Waals surface area contributed by atoms with E-state index in [0.717, 1.165) is 12.8 Å². The maximum Gasteiger partial charge on any atom is 0.252 e. The van der Waals surface area contributed by atoms with Gasteiger partial charge < -0.3 is 15.2 Å². The van der Waals surface area contributed by atoms with Crippen LogP contribution in [-0.2, 0) is 0 Å². The average Bonchev–Trinajstić information content (AvgIpc) is 2.56. The first-order chi connectivity index (χ1) is 11.6. The molecule has 0 aliphatic heterocycles. The van der Waals surface area contributed by atoms with E-state index in [9.17, 15) is 9.90 Å². The van der Waals surface area contributed by atoms with Crippen molar-refractivity contribution in [2.75, 3.05) is 6.54 Å². The Kier molecular flexibility index (Phi) is 5.33. The Labute approximate surface area is 145 Å². The van der Waals surface area contributed by atoms with Gasteiger partial charge in [-0.1, -0.05) is 11.6 Å². The summed E-state index contributed by atoms with van der Waals surface area (Å²) in [4.78, 5) is 16.1. The highest BCUT2D eigenvalue weighted by Gasteiger charge is 2.20. The summed E-state index contributed by atoms with van der Waals surface area (Å²) in [7, 11) is 0. The molecule has 1 aliphatic rings. The van der Waals surface area contributed by atoms with Gasteiger partial charge in [0.25, 0.3) is 5.91 Å². The summed E-state index contributed by atoms with van der Waals surface area (Å²) >= 11 is 6.19. The van der Waals surface area contributed by atoms with Crippen molar-refractivity contribution in [3.63, 3.8) is 0 Å². The third kappa shape index (κ3) is 4.04. The predicted molar refractivity (Wildman–Crippen MR) is 91.2 cm³/mol. The van der Waals surface area contributed by atoms with Crippen LogP contribution in [0.4, 0.5) is 0 Å². The fraction of sp³-hybridized carbons (Fsp3) is 0.333. The Morgan fingerprint density at radius 3 is 2.71 bits per heavy atom. The third-order valence-electron chi connectivity index (χ3n) is 4.09. The fourth-order valence-corrected chi connectivity index (χ4v) is 2.68. The molecule has 1 atom stereocenters. The molecule has 0 unspecified atom stereocenters. The number of nitrogens with zero attached hydrogens (tertiary/aromatic N) is 1. The van der Waals surface area contributed by atoms with Gasteiger partial charge in [0.05, 0.1) is 22.8 Å². The van der Waals surface area contributed by atoms with E-state index < -0.39 is 6.10 Å². The van der Waals surface area contributed by atoms with E-state index in [0.29, 0.717) is 21.9 Å². The largest absolute Gasteiger partial charge is 0.490 e. The summed E-state index contributed by atoms with van der Waals surface area (Å²) in [6.45, 7) is 0.0967. The van der Waals surface area contributed by atoms with E-state index in [4.69, 9.17) is 16.3 Å². The molecule has 0 bridgehead atoms. The SMILES string of the molecule is O=C(NC[C@H](O)c1ccncc1)c1ccc(OC2CCC2)cc1Cl. The molecule has 126 valence electrons. The number of rotatable bonds is 6. The quantitative estimate of drug-likeness (QED) is 0.843. The maximum absolute atomic E-state index is 12.2. The van der Waals surface area contributed by atoms with Crippen molar-refractivity contribution < 1.29 is 14.6 Å². The molecule has 1 amide bonds. The highest BCUT2D eigenvalue weighted by atomic mass is 35.5. The summed E-state index contributed by atoms with van der Waals surface area (Å²) in [6, 6.07) is 8.46. The smallest absolute Gasteiger partial charge is 0.252 e. The van der Waals surface area contributed by atoms with Gasteiger partial charge in [-0.05, 0) is 55.2 Å². The first-order valence-electron chi connectivity index (χ1n) is 7.96. The minimum absolute atomic E-state index is 0.0967. The van der Waals surface area contributed by atoms with E-state index >= 15 is 0 Å². The lowest BCUT2D eigenvalue weighted by molar-refractivity contribution is 0.0916. The molecule has 3 rings (SSSR count). The normalized spacial score (nSPS) is 15.4. The molecule has 5 nitrogen and oxygen atoms in total. The van der Waals surface area contributed by atoms with Crippen molar-refractivity contribution in [3.05, 3.63) is 58.9 Å². The van der Waals surface area contributed by atoms with Crippen LogP contribution in [0.1, 0.15) is 41.3 Å². The molecule has 0 saturated heterocycles. The predicted octanol–water partition coefficient (Wildman–Crippen LogP) is 3.13. The monoisotopic (exact) mass is 346 g/mol. The number of hydrogen-bond donors (Lipinski definition) is 2. The molecule has 6 heteroatoms. The molecule has 2 aromatic rings. The second kappa shape index (κ2) is 7.64. The molecule has 24 heavy (non-hydrogen) atoms. The van der Waals surface area contributed by atoms with Crippen LogP contribution in [0.5, 0.6) is 5.75 Å². The number of ether oxygens (including phenoxy) is 1. The van der Waals surface area contributed by atoms with Crippen LogP contribution < -0.4 is 10.1 Å². The molecule has 2 N–H and O–H groups in total. The molecule has 1 aliphatic carbocycles. The average molecular weight is 347 g/mol. The molecule has 1 heterocycles. The molecular weight excluding hydrogens is 328 g/mol. The van der Waals surface area contributed by atoms with E-state index in [1.54, 1.807) is 42.7 Å². The highest BCUT2D eigenvalue weighted by molar-refractivity contribution is 6.34. The van der Waals surface area contributed by atoms with Gasteiger partial charge in [0.2, 0.25) is 0 Å². The molecule has 1 aromatic carbocycles. The van der Waals surface area contributed by atoms with Crippen LogP contribution in [-0.4, -0.2) is 28.6 Å². The summed E-state index contributed by atoms with van der Waals surface area (Å²) in [5.74, 6) is 0.348.